The first-order valence-corrected chi connectivity index (χ1v) is 8.29. The molecule has 1 heterocycles. The molecule has 1 aromatic heterocycles. The number of rotatable bonds is 6. The van der Waals surface area contributed by atoms with Crippen LogP contribution in [0.3, 0.4) is 0 Å². The van der Waals surface area contributed by atoms with Crippen LogP contribution in [0.15, 0.2) is 30.3 Å². The Balaban J connectivity index is 1.91. The fourth-order valence-electron chi connectivity index (χ4n) is 3.24. The van der Waals surface area contributed by atoms with E-state index in [-0.39, 0.29) is 0 Å². The monoisotopic (exact) mass is 282 g/mol. The van der Waals surface area contributed by atoms with Crippen LogP contribution in [0.1, 0.15) is 50.4 Å². The molecule has 2 atom stereocenters. The fraction of sp³-hybridized carbons (Fsp3) is 0.526. The molecular formula is C19H26N2. The normalized spacial score (nSPS) is 17.9. The zero-order valence-corrected chi connectivity index (χ0v) is 13.4. The molecule has 21 heavy (non-hydrogen) atoms. The second kappa shape index (κ2) is 6.15. The Labute approximate surface area is 128 Å². The smallest absolute Gasteiger partial charge is 0.0705 e. The number of nitrogens with zero attached hydrogens (tertiary/aromatic N) is 1. The third kappa shape index (κ3) is 3.26. The lowest BCUT2D eigenvalue weighted by Gasteiger charge is -2.26. The van der Waals surface area contributed by atoms with Crippen LogP contribution in [0.2, 0.25) is 0 Å². The molecule has 1 aliphatic rings. The van der Waals surface area contributed by atoms with Crippen molar-refractivity contribution in [3.05, 3.63) is 41.6 Å². The molecule has 1 aromatic carbocycles. The lowest BCUT2D eigenvalue weighted by molar-refractivity contribution is 0.350. The molecule has 0 amide bonds. The number of hydrogen-bond donors (Lipinski definition) is 1. The van der Waals surface area contributed by atoms with E-state index in [0.29, 0.717) is 12.0 Å². The minimum atomic E-state index is 0.475. The van der Waals surface area contributed by atoms with Gasteiger partial charge in [0, 0.05) is 17.1 Å². The third-order valence-electron chi connectivity index (χ3n) is 4.72. The van der Waals surface area contributed by atoms with Gasteiger partial charge in [-0.1, -0.05) is 26.0 Å². The Morgan fingerprint density at radius 3 is 2.76 bits per heavy atom. The number of fused-ring (bicyclic) bond motifs is 1. The van der Waals surface area contributed by atoms with Crippen molar-refractivity contribution in [3.63, 3.8) is 0 Å². The van der Waals surface area contributed by atoms with Crippen LogP contribution in [-0.4, -0.2) is 11.5 Å². The minimum Gasteiger partial charge on any atom is -0.310 e. The van der Waals surface area contributed by atoms with Crippen LogP contribution >= 0.6 is 0 Å². The van der Waals surface area contributed by atoms with Gasteiger partial charge in [0.1, 0.15) is 0 Å². The van der Waals surface area contributed by atoms with Crippen molar-refractivity contribution in [2.45, 2.75) is 46.1 Å². The predicted molar refractivity (Wildman–Crippen MR) is 89.4 cm³/mol. The van der Waals surface area contributed by atoms with Gasteiger partial charge in [-0.2, -0.15) is 0 Å². The first-order valence-electron chi connectivity index (χ1n) is 8.29. The second-order valence-electron chi connectivity index (χ2n) is 6.53. The van der Waals surface area contributed by atoms with E-state index in [4.69, 9.17) is 0 Å². The van der Waals surface area contributed by atoms with Crippen molar-refractivity contribution in [3.8, 4) is 0 Å². The summed E-state index contributed by atoms with van der Waals surface area (Å²) in [5, 5.41) is 5.02. The van der Waals surface area contributed by atoms with Crippen molar-refractivity contribution in [2.75, 3.05) is 6.54 Å². The van der Waals surface area contributed by atoms with E-state index < -0.39 is 0 Å². The Hall–Kier alpha value is -1.41. The van der Waals surface area contributed by atoms with Crippen LogP contribution in [-0.2, 0) is 0 Å². The molecule has 112 valence electrons. The molecule has 3 rings (SSSR count). The Bertz CT molecular complexity index is 616. The van der Waals surface area contributed by atoms with Crippen LogP contribution < -0.4 is 5.32 Å². The van der Waals surface area contributed by atoms with Crippen molar-refractivity contribution < 1.29 is 0 Å². The summed E-state index contributed by atoms with van der Waals surface area (Å²) in [6, 6.07) is 11.5. The summed E-state index contributed by atoms with van der Waals surface area (Å²) in [5.74, 6) is 1.62. The van der Waals surface area contributed by atoms with Gasteiger partial charge >= 0.3 is 0 Å². The molecule has 1 N–H and O–H groups in total. The minimum absolute atomic E-state index is 0.475. The van der Waals surface area contributed by atoms with Crippen molar-refractivity contribution in [2.24, 2.45) is 11.8 Å². The van der Waals surface area contributed by atoms with Gasteiger partial charge in [-0.15, -0.1) is 0 Å². The molecule has 0 aliphatic heterocycles. The summed E-state index contributed by atoms with van der Waals surface area (Å²) in [6.45, 7) is 7.78. The molecule has 1 aliphatic carbocycles. The van der Waals surface area contributed by atoms with E-state index in [2.05, 4.69) is 54.5 Å². The summed E-state index contributed by atoms with van der Waals surface area (Å²) in [4.78, 5) is 4.61. The average molecular weight is 282 g/mol. The van der Waals surface area contributed by atoms with Gasteiger partial charge in [-0.25, -0.2) is 0 Å². The summed E-state index contributed by atoms with van der Waals surface area (Å²) >= 11 is 0. The van der Waals surface area contributed by atoms with Gasteiger partial charge in [0.2, 0.25) is 0 Å². The van der Waals surface area contributed by atoms with Crippen LogP contribution in [0, 0.1) is 18.8 Å². The SMILES string of the molecule is CCCNC(c1ccc2nc(C)ccc2c1)C(C)C1CC1. The highest BCUT2D eigenvalue weighted by atomic mass is 14.9. The van der Waals surface area contributed by atoms with Crippen molar-refractivity contribution >= 4 is 10.9 Å². The average Bonchev–Trinajstić information content (AvgIpc) is 3.32. The second-order valence-corrected chi connectivity index (χ2v) is 6.53. The maximum Gasteiger partial charge on any atom is 0.0705 e. The molecule has 0 radical (unpaired) electrons. The molecule has 1 saturated carbocycles. The molecule has 0 saturated heterocycles. The van der Waals surface area contributed by atoms with Crippen LogP contribution in [0.25, 0.3) is 10.9 Å². The van der Waals surface area contributed by atoms with E-state index in [0.717, 1.165) is 23.7 Å². The quantitative estimate of drug-likeness (QED) is 0.835. The fourth-order valence-corrected chi connectivity index (χ4v) is 3.24. The molecule has 2 nitrogen and oxygen atoms in total. The number of pyridine rings is 1. The lowest BCUT2D eigenvalue weighted by Crippen LogP contribution is -2.28. The topological polar surface area (TPSA) is 24.9 Å². The summed E-state index contributed by atoms with van der Waals surface area (Å²) in [7, 11) is 0. The van der Waals surface area contributed by atoms with Gasteiger partial charge < -0.3 is 5.32 Å². The van der Waals surface area contributed by atoms with Gasteiger partial charge in [0.25, 0.3) is 0 Å². The lowest BCUT2D eigenvalue weighted by atomic mass is 9.90. The molecule has 2 heteroatoms. The van der Waals surface area contributed by atoms with E-state index in [9.17, 15) is 0 Å². The largest absolute Gasteiger partial charge is 0.310 e. The first-order chi connectivity index (χ1) is 10.2. The Kier molecular flexibility index (Phi) is 4.25. The van der Waals surface area contributed by atoms with Crippen molar-refractivity contribution in [1.29, 1.82) is 0 Å². The van der Waals surface area contributed by atoms with Gasteiger partial charge in [0.15, 0.2) is 0 Å². The molecule has 1 fully saturated rings. The highest BCUT2D eigenvalue weighted by molar-refractivity contribution is 5.79. The number of aryl methyl sites for hydroxylation is 1. The number of aromatic nitrogens is 1. The summed E-state index contributed by atoms with van der Waals surface area (Å²) < 4.78 is 0. The standard InChI is InChI=1S/C19H26N2/c1-4-11-20-19(14(3)15-7-8-15)17-9-10-18-16(12-17)6-5-13(2)21-18/h5-6,9-10,12,14-15,19-20H,4,7-8,11H2,1-3H3. The Morgan fingerprint density at radius 1 is 1.24 bits per heavy atom. The van der Waals surface area contributed by atoms with Crippen molar-refractivity contribution in [1.82, 2.24) is 10.3 Å². The van der Waals surface area contributed by atoms with Gasteiger partial charge in [-0.05, 0) is 68.3 Å². The Morgan fingerprint density at radius 2 is 2.05 bits per heavy atom. The van der Waals surface area contributed by atoms with E-state index in [1.165, 1.54) is 30.2 Å². The molecule has 0 bridgehead atoms. The highest BCUT2D eigenvalue weighted by Gasteiger charge is 2.33. The molecule has 2 unspecified atom stereocenters. The first kappa shape index (κ1) is 14.5. The predicted octanol–water partition coefficient (Wildman–Crippen LogP) is 4.63. The number of nitrogens with one attached hydrogen (secondary N) is 1. The number of benzene rings is 1. The zero-order valence-electron chi connectivity index (χ0n) is 13.4. The number of hydrogen-bond acceptors (Lipinski definition) is 2. The van der Waals surface area contributed by atoms with E-state index in [1.807, 2.05) is 6.92 Å². The van der Waals surface area contributed by atoms with E-state index in [1.54, 1.807) is 0 Å². The van der Waals surface area contributed by atoms with Gasteiger partial charge in [-0.3, -0.25) is 4.98 Å². The van der Waals surface area contributed by atoms with Crippen LogP contribution in [0.4, 0.5) is 0 Å². The highest BCUT2D eigenvalue weighted by Crippen LogP contribution is 2.42. The maximum atomic E-state index is 4.61. The summed E-state index contributed by atoms with van der Waals surface area (Å²) in [5.41, 5.74) is 3.61. The zero-order chi connectivity index (χ0) is 14.8. The van der Waals surface area contributed by atoms with Gasteiger partial charge in [0.05, 0.1) is 5.52 Å². The third-order valence-corrected chi connectivity index (χ3v) is 4.72. The van der Waals surface area contributed by atoms with Crippen LogP contribution in [0.5, 0.6) is 0 Å². The van der Waals surface area contributed by atoms with E-state index >= 15 is 0 Å². The molecule has 2 aromatic rings. The summed E-state index contributed by atoms with van der Waals surface area (Å²) in [6.07, 6.45) is 3.99. The molecule has 0 spiro atoms. The maximum absolute atomic E-state index is 4.61. The molecular weight excluding hydrogens is 256 g/mol.